The van der Waals surface area contributed by atoms with Crippen molar-refractivity contribution in [3.05, 3.63) is 29.6 Å². The molecule has 0 saturated carbocycles. The minimum atomic E-state index is -0.391. The van der Waals surface area contributed by atoms with Crippen LogP contribution in [0.15, 0.2) is 23.1 Å². The largest absolute Gasteiger partial charge is 0.466 e. The highest BCUT2D eigenvalue weighted by molar-refractivity contribution is 7.99. The number of halogens is 1. The summed E-state index contributed by atoms with van der Waals surface area (Å²) < 4.78 is 18.3. The number of esters is 1. The first-order valence-electron chi connectivity index (χ1n) is 5.24. The van der Waals surface area contributed by atoms with E-state index in [0.717, 1.165) is 10.6 Å². The maximum atomic E-state index is 13.6. The molecule has 0 N–H and O–H groups in total. The van der Waals surface area contributed by atoms with Gasteiger partial charge in [-0.2, -0.15) is 0 Å². The van der Waals surface area contributed by atoms with Crippen molar-refractivity contribution in [3.8, 4) is 0 Å². The standard InChI is InChI=1S/C12H15FO2S/c1-3-15-12(14)7-9-5-6-10(16-4-2)8-11(9)13/h5-6,8H,3-4,7H2,1-2H3. The molecule has 0 spiro atoms. The molecule has 0 aromatic heterocycles. The van der Waals surface area contributed by atoms with Crippen molar-refractivity contribution in [1.82, 2.24) is 0 Å². The van der Waals surface area contributed by atoms with Gasteiger partial charge in [-0.3, -0.25) is 4.79 Å². The zero-order valence-electron chi connectivity index (χ0n) is 9.46. The summed E-state index contributed by atoms with van der Waals surface area (Å²) in [4.78, 5) is 12.1. The maximum Gasteiger partial charge on any atom is 0.310 e. The van der Waals surface area contributed by atoms with Gasteiger partial charge >= 0.3 is 5.97 Å². The Morgan fingerprint density at radius 2 is 2.19 bits per heavy atom. The van der Waals surface area contributed by atoms with E-state index in [-0.39, 0.29) is 12.2 Å². The normalized spacial score (nSPS) is 10.2. The fourth-order valence-corrected chi connectivity index (χ4v) is 1.98. The molecule has 1 aromatic carbocycles. The molecule has 0 atom stereocenters. The summed E-state index contributed by atoms with van der Waals surface area (Å²) in [6.45, 7) is 4.06. The highest BCUT2D eigenvalue weighted by atomic mass is 32.2. The number of hydrogen-bond acceptors (Lipinski definition) is 3. The third kappa shape index (κ3) is 3.85. The lowest BCUT2D eigenvalue weighted by Crippen LogP contribution is -2.08. The van der Waals surface area contributed by atoms with Crippen LogP contribution in [-0.4, -0.2) is 18.3 Å². The van der Waals surface area contributed by atoms with Crippen LogP contribution in [0.1, 0.15) is 19.4 Å². The Labute approximate surface area is 99.2 Å². The number of thioether (sulfide) groups is 1. The Morgan fingerprint density at radius 3 is 2.75 bits per heavy atom. The summed E-state index contributed by atoms with van der Waals surface area (Å²) in [6, 6.07) is 4.93. The molecule has 88 valence electrons. The van der Waals surface area contributed by atoms with Crippen molar-refractivity contribution < 1.29 is 13.9 Å². The smallest absolute Gasteiger partial charge is 0.310 e. The van der Waals surface area contributed by atoms with Gasteiger partial charge in [-0.1, -0.05) is 13.0 Å². The molecule has 0 unspecified atom stereocenters. The third-order valence-electron chi connectivity index (χ3n) is 1.98. The molecule has 2 nitrogen and oxygen atoms in total. The predicted molar refractivity (Wildman–Crippen MR) is 63.1 cm³/mol. The quantitative estimate of drug-likeness (QED) is 0.586. The maximum absolute atomic E-state index is 13.6. The first kappa shape index (κ1) is 13.0. The summed E-state index contributed by atoms with van der Waals surface area (Å²) in [6.07, 6.45) is -0.00323. The molecule has 16 heavy (non-hydrogen) atoms. The Morgan fingerprint density at radius 1 is 1.44 bits per heavy atom. The van der Waals surface area contributed by atoms with Gasteiger partial charge in [-0.25, -0.2) is 4.39 Å². The highest BCUT2D eigenvalue weighted by Gasteiger charge is 2.09. The van der Waals surface area contributed by atoms with Gasteiger partial charge in [0.15, 0.2) is 0 Å². The van der Waals surface area contributed by atoms with E-state index in [9.17, 15) is 9.18 Å². The number of hydrogen-bond donors (Lipinski definition) is 0. The molecule has 0 saturated heterocycles. The Kier molecular flexibility index (Phi) is 5.32. The van der Waals surface area contributed by atoms with E-state index < -0.39 is 5.97 Å². The second-order valence-electron chi connectivity index (χ2n) is 3.17. The minimum Gasteiger partial charge on any atom is -0.466 e. The van der Waals surface area contributed by atoms with Crippen molar-refractivity contribution >= 4 is 17.7 Å². The summed E-state index contributed by atoms with van der Waals surface area (Å²) in [7, 11) is 0. The fourth-order valence-electron chi connectivity index (χ4n) is 1.30. The molecule has 0 fully saturated rings. The fraction of sp³-hybridized carbons (Fsp3) is 0.417. The molecule has 0 aliphatic heterocycles. The Balaban J connectivity index is 2.71. The van der Waals surface area contributed by atoms with Crippen molar-refractivity contribution in [2.75, 3.05) is 12.4 Å². The summed E-state index contributed by atoms with van der Waals surface area (Å²) in [5.74, 6) is 0.167. The van der Waals surface area contributed by atoms with Gasteiger partial charge in [0.25, 0.3) is 0 Å². The number of rotatable bonds is 5. The van der Waals surface area contributed by atoms with Gasteiger partial charge in [-0.15, -0.1) is 11.8 Å². The van der Waals surface area contributed by atoms with Gasteiger partial charge in [0.2, 0.25) is 0 Å². The van der Waals surface area contributed by atoms with Gasteiger partial charge in [0.1, 0.15) is 5.82 Å². The topological polar surface area (TPSA) is 26.3 Å². The van der Waals surface area contributed by atoms with E-state index in [4.69, 9.17) is 4.74 Å². The van der Waals surface area contributed by atoms with Crippen LogP contribution in [0.25, 0.3) is 0 Å². The van der Waals surface area contributed by atoms with Crippen molar-refractivity contribution in [3.63, 3.8) is 0 Å². The summed E-state index contributed by atoms with van der Waals surface area (Å²) in [5.41, 5.74) is 0.388. The number of carbonyl (C=O) groups is 1. The molecule has 0 amide bonds. The number of carbonyl (C=O) groups excluding carboxylic acids is 1. The average Bonchev–Trinajstić information content (AvgIpc) is 2.23. The second kappa shape index (κ2) is 6.53. The van der Waals surface area contributed by atoms with Crippen LogP contribution in [0.5, 0.6) is 0 Å². The highest BCUT2D eigenvalue weighted by Crippen LogP contribution is 2.20. The lowest BCUT2D eigenvalue weighted by Gasteiger charge is -2.05. The molecule has 0 aliphatic rings. The Hall–Kier alpha value is -1.03. The van der Waals surface area contributed by atoms with Crippen molar-refractivity contribution in [2.45, 2.75) is 25.2 Å². The zero-order chi connectivity index (χ0) is 12.0. The lowest BCUT2D eigenvalue weighted by atomic mass is 10.1. The van der Waals surface area contributed by atoms with Gasteiger partial charge in [0.05, 0.1) is 13.0 Å². The molecular formula is C12H15FO2S. The molecule has 0 bridgehead atoms. The van der Waals surface area contributed by atoms with E-state index in [2.05, 4.69) is 0 Å². The van der Waals surface area contributed by atoms with Crippen LogP contribution < -0.4 is 0 Å². The van der Waals surface area contributed by atoms with Crippen LogP contribution >= 0.6 is 11.8 Å². The molecule has 1 rings (SSSR count). The van der Waals surface area contributed by atoms with E-state index in [0.29, 0.717) is 12.2 Å². The first-order chi connectivity index (χ1) is 7.67. The molecule has 0 radical (unpaired) electrons. The van der Waals surface area contributed by atoms with Crippen LogP contribution in [0.3, 0.4) is 0 Å². The third-order valence-corrected chi connectivity index (χ3v) is 2.85. The van der Waals surface area contributed by atoms with E-state index in [1.54, 1.807) is 24.8 Å². The van der Waals surface area contributed by atoms with Crippen LogP contribution in [0.2, 0.25) is 0 Å². The number of ether oxygens (including phenoxy) is 1. The molecule has 4 heteroatoms. The molecular weight excluding hydrogens is 227 g/mol. The van der Waals surface area contributed by atoms with Crippen LogP contribution in [-0.2, 0) is 16.0 Å². The van der Waals surface area contributed by atoms with Gasteiger partial charge < -0.3 is 4.74 Å². The van der Waals surface area contributed by atoms with Gasteiger partial charge in [0, 0.05) is 4.90 Å². The SMILES string of the molecule is CCOC(=O)Cc1ccc(SCC)cc1F. The molecule has 1 aromatic rings. The average molecular weight is 242 g/mol. The second-order valence-corrected chi connectivity index (χ2v) is 4.51. The lowest BCUT2D eigenvalue weighted by molar-refractivity contribution is -0.142. The predicted octanol–water partition coefficient (Wildman–Crippen LogP) is 3.04. The molecule has 0 aliphatic carbocycles. The van der Waals surface area contributed by atoms with Crippen molar-refractivity contribution in [1.29, 1.82) is 0 Å². The summed E-state index contributed by atoms with van der Waals surface area (Å²) in [5, 5.41) is 0. The van der Waals surface area contributed by atoms with Gasteiger partial charge in [-0.05, 0) is 30.4 Å². The first-order valence-corrected chi connectivity index (χ1v) is 6.22. The van der Waals surface area contributed by atoms with E-state index in [1.807, 2.05) is 13.0 Å². The van der Waals surface area contributed by atoms with Crippen LogP contribution in [0.4, 0.5) is 4.39 Å². The zero-order valence-corrected chi connectivity index (χ0v) is 10.3. The number of benzene rings is 1. The molecule has 0 heterocycles. The summed E-state index contributed by atoms with van der Waals surface area (Å²) >= 11 is 1.57. The van der Waals surface area contributed by atoms with E-state index >= 15 is 0 Å². The Bertz CT molecular complexity index is 366. The van der Waals surface area contributed by atoms with Crippen molar-refractivity contribution in [2.24, 2.45) is 0 Å². The minimum absolute atomic E-state index is 0.00323. The van der Waals surface area contributed by atoms with Crippen LogP contribution in [0, 0.1) is 5.82 Å². The monoisotopic (exact) mass is 242 g/mol. The van der Waals surface area contributed by atoms with E-state index in [1.165, 1.54) is 6.07 Å².